The van der Waals surface area contributed by atoms with E-state index in [4.69, 9.17) is 18.9 Å². The highest BCUT2D eigenvalue weighted by Gasteiger charge is 2.20. The third kappa shape index (κ3) is 4.31. The molecule has 1 aromatic carbocycles. The number of benzene rings is 1. The molecule has 1 aromatic rings. The number of methoxy groups -OCH3 is 3. The summed E-state index contributed by atoms with van der Waals surface area (Å²) in [6, 6.07) is 1.39. The summed E-state index contributed by atoms with van der Waals surface area (Å²) in [5, 5.41) is 10.1. The Hall–Kier alpha value is -2.37. The number of ether oxygens (including phenoxy) is 4. The molecule has 6 heteroatoms. The fourth-order valence-corrected chi connectivity index (χ4v) is 1.81. The predicted octanol–water partition coefficient (Wildman–Crippen LogP) is 2.77. The van der Waals surface area contributed by atoms with Crippen LogP contribution in [0, 0.1) is 0 Å². The Balaban J connectivity index is 3.22. The zero-order valence-corrected chi connectivity index (χ0v) is 13.7. The first-order valence-corrected chi connectivity index (χ1v) is 6.66. The Bertz CT molecular complexity index is 569. The van der Waals surface area contributed by atoms with Gasteiger partial charge in [-0.25, -0.2) is 4.79 Å². The van der Waals surface area contributed by atoms with Crippen LogP contribution in [0.15, 0.2) is 12.1 Å². The van der Waals surface area contributed by atoms with Crippen LogP contribution >= 0.6 is 0 Å². The normalized spacial score (nSPS) is 11.4. The largest absolute Gasteiger partial charge is 0.507 e. The minimum atomic E-state index is -0.592. The van der Waals surface area contributed by atoms with Crippen molar-refractivity contribution in [2.45, 2.75) is 26.4 Å². The first kappa shape index (κ1) is 17.7. The van der Waals surface area contributed by atoms with Crippen molar-refractivity contribution in [3.8, 4) is 23.0 Å². The second kappa shape index (κ2) is 7.06. The predicted molar refractivity (Wildman–Crippen MR) is 82.6 cm³/mol. The second-order valence-electron chi connectivity index (χ2n) is 5.44. The standard InChI is InChI=1S/C16H22O6/c1-16(2,3)22-13(18)8-7-10-11(17)9-12(19-4)15(21-6)14(10)20-5/h7-9,17H,1-6H3. The lowest BCUT2D eigenvalue weighted by Crippen LogP contribution is -2.22. The third-order valence-electron chi connectivity index (χ3n) is 2.64. The average Bonchev–Trinajstić information content (AvgIpc) is 2.42. The lowest BCUT2D eigenvalue weighted by molar-refractivity contribution is -0.148. The Morgan fingerprint density at radius 2 is 1.68 bits per heavy atom. The van der Waals surface area contributed by atoms with Crippen LogP contribution < -0.4 is 14.2 Å². The van der Waals surface area contributed by atoms with Gasteiger partial charge in [-0.3, -0.25) is 0 Å². The fourth-order valence-electron chi connectivity index (χ4n) is 1.81. The molecule has 0 spiro atoms. The van der Waals surface area contributed by atoms with Crippen molar-refractivity contribution in [1.29, 1.82) is 0 Å². The van der Waals surface area contributed by atoms with Gasteiger partial charge < -0.3 is 24.1 Å². The molecule has 0 aliphatic rings. The fraction of sp³-hybridized carbons (Fsp3) is 0.438. The van der Waals surface area contributed by atoms with Gasteiger partial charge in [0.2, 0.25) is 5.75 Å². The topological polar surface area (TPSA) is 74.2 Å². The molecule has 1 rings (SSSR count). The van der Waals surface area contributed by atoms with Crippen LogP contribution in [0.2, 0.25) is 0 Å². The van der Waals surface area contributed by atoms with Crippen LogP contribution in [-0.4, -0.2) is 38.0 Å². The second-order valence-corrected chi connectivity index (χ2v) is 5.44. The molecule has 0 aliphatic carbocycles. The van der Waals surface area contributed by atoms with E-state index in [-0.39, 0.29) is 11.5 Å². The molecule has 0 atom stereocenters. The van der Waals surface area contributed by atoms with E-state index in [0.717, 1.165) is 0 Å². The maximum atomic E-state index is 11.7. The van der Waals surface area contributed by atoms with Gasteiger partial charge in [-0.2, -0.15) is 0 Å². The van der Waals surface area contributed by atoms with Crippen LogP contribution in [0.25, 0.3) is 6.08 Å². The molecule has 0 amide bonds. The summed E-state index contributed by atoms with van der Waals surface area (Å²) in [6.45, 7) is 5.31. The summed E-state index contributed by atoms with van der Waals surface area (Å²) < 4.78 is 20.8. The number of rotatable bonds is 5. The van der Waals surface area contributed by atoms with Gasteiger partial charge in [0.05, 0.1) is 26.9 Å². The highest BCUT2D eigenvalue weighted by molar-refractivity contribution is 5.89. The van der Waals surface area contributed by atoms with Gasteiger partial charge >= 0.3 is 5.97 Å². The smallest absolute Gasteiger partial charge is 0.331 e. The minimum Gasteiger partial charge on any atom is -0.507 e. The summed E-state index contributed by atoms with van der Waals surface area (Å²) in [4.78, 5) is 11.7. The molecule has 0 aliphatic heterocycles. The highest BCUT2D eigenvalue weighted by Crippen LogP contribution is 2.45. The van der Waals surface area contributed by atoms with E-state index in [0.29, 0.717) is 17.1 Å². The Kier molecular flexibility index (Phi) is 5.68. The first-order chi connectivity index (χ1) is 10.2. The molecule has 0 heterocycles. The summed E-state index contributed by atoms with van der Waals surface area (Å²) in [5.41, 5.74) is -0.295. The molecular weight excluding hydrogens is 288 g/mol. The van der Waals surface area contributed by atoms with Gasteiger partial charge in [-0.1, -0.05) is 0 Å². The van der Waals surface area contributed by atoms with Gasteiger partial charge in [0.15, 0.2) is 11.5 Å². The number of carbonyl (C=O) groups excluding carboxylic acids is 1. The molecule has 22 heavy (non-hydrogen) atoms. The summed E-state index contributed by atoms with van der Waals surface area (Å²) >= 11 is 0. The number of carbonyl (C=O) groups is 1. The lowest BCUT2D eigenvalue weighted by atomic mass is 10.1. The van der Waals surface area contributed by atoms with E-state index >= 15 is 0 Å². The molecule has 6 nitrogen and oxygen atoms in total. The van der Waals surface area contributed by atoms with E-state index in [1.807, 2.05) is 0 Å². The zero-order chi connectivity index (χ0) is 16.9. The van der Waals surface area contributed by atoms with E-state index in [9.17, 15) is 9.90 Å². The van der Waals surface area contributed by atoms with Gasteiger partial charge in [0.25, 0.3) is 0 Å². The molecule has 1 N–H and O–H groups in total. The molecule has 122 valence electrons. The van der Waals surface area contributed by atoms with E-state index < -0.39 is 11.6 Å². The van der Waals surface area contributed by atoms with Gasteiger partial charge in [-0.15, -0.1) is 0 Å². The monoisotopic (exact) mass is 310 g/mol. The van der Waals surface area contributed by atoms with E-state index in [2.05, 4.69) is 0 Å². The van der Waals surface area contributed by atoms with Crippen LogP contribution in [0.1, 0.15) is 26.3 Å². The quantitative estimate of drug-likeness (QED) is 0.666. The zero-order valence-electron chi connectivity index (χ0n) is 13.7. The molecule has 0 saturated heterocycles. The van der Waals surface area contributed by atoms with Gasteiger partial charge in [0, 0.05) is 12.1 Å². The van der Waals surface area contributed by atoms with Crippen molar-refractivity contribution < 1.29 is 28.8 Å². The molecule has 0 aromatic heterocycles. The van der Waals surface area contributed by atoms with Crippen LogP contribution in [-0.2, 0) is 9.53 Å². The minimum absolute atomic E-state index is 0.102. The SMILES string of the molecule is COc1cc(O)c(C=CC(=O)OC(C)(C)C)c(OC)c1OC. The number of phenolic OH excluding ortho intramolecular Hbond substituents is 1. The maximum absolute atomic E-state index is 11.7. The number of esters is 1. The number of hydrogen-bond donors (Lipinski definition) is 1. The number of phenols is 1. The number of hydrogen-bond acceptors (Lipinski definition) is 6. The van der Waals surface area contributed by atoms with Gasteiger partial charge in [-0.05, 0) is 26.8 Å². The van der Waals surface area contributed by atoms with Crippen molar-refractivity contribution in [3.05, 3.63) is 17.7 Å². The Morgan fingerprint density at radius 3 is 2.14 bits per heavy atom. The Morgan fingerprint density at radius 1 is 1.09 bits per heavy atom. The van der Waals surface area contributed by atoms with Gasteiger partial charge in [0.1, 0.15) is 11.4 Å². The van der Waals surface area contributed by atoms with E-state index in [1.165, 1.54) is 39.5 Å². The molecule has 0 fully saturated rings. The van der Waals surface area contributed by atoms with Crippen molar-refractivity contribution in [2.24, 2.45) is 0 Å². The third-order valence-corrected chi connectivity index (χ3v) is 2.64. The van der Waals surface area contributed by atoms with E-state index in [1.54, 1.807) is 20.8 Å². The summed E-state index contributed by atoms with van der Waals surface area (Å²) in [6.07, 6.45) is 2.62. The molecule has 0 saturated carbocycles. The summed E-state index contributed by atoms with van der Waals surface area (Å²) in [7, 11) is 4.34. The summed E-state index contributed by atoms with van der Waals surface area (Å²) in [5.74, 6) is 0.287. The molecule has 0 radical (unpaired) electrons. The van der Waals surface area contributed by atoms with Crippen molar-refractivity contribution in [1.82, 2.24) is 0 Å². The number of aromatic hydroxyl groups is 1. The highest BCUT2D eigenvalue weighted by atomic mass is 16.6. The van der Waals surface area contributed by atoms with Crippen molar-refractivity contribution in [2.75, 3.05) is 21.3 Å². The first-order valence-electron chi connectivity index (χ1n) is 6.66. The molecule has 0 bridgehead atoms. The van der Waals surface area contributed by atoms with Crippen molar-refractivity contribution >= 4 is 12.0 Å². The Labute approximate surface area is 130 Å². The lowest BCUT2D eigenvalue weighted by Gasteiger charge is -2.18. The van der Waals surface area contributed by atoms with Crippen molar-refractivity contribution in [3.63, 3.8) is 0 Å². The van der Waals surface area contributed by atoms with Crippen LogP contribution in [0.3, 0.4) is 0 Å². The average molecular weight is 310 g/mol. The van der Waals surface area contributed by atoms with Crippen LogP contribution in [0.5, 0.6) is 23.0 Å². The molecule has 0 unspecified atom stereocenters. The maximum Gasteiger partial charge on any atom is 0.331 e. The molecular formula is C16H22O6. The van der Waals surface area contributed by atoms with Crippen LogP contribution in [0.4, 0.5) is 0 Å².